The number of nitrogens with zero attached hydrogens (tertiary/aromatic N) is 4. The van der Waals surface area contributed by atoms with Gasteiger partial charge < -0.3 is 29.2 Å². The number of hydrogen-bond acceptors (Lipinski definition) is 10. The van der Waals surface area contributed by atoms with Crippen LogP contribution in [0, 0.1) is 6.92 Å². The van der Waals surface area contributed by atoms with Gasteiger partial charge in [-0.15, -0.1) is 0 Å². The van der Waals surface area contributed by atoms with E-state index in [-0.39, 0.29) is 12.2 Å². The lowest BCUT2D eigenvalue weighted by Gasteiger charge is -2.30. The van der Waals surface area contributed by atoms with Gasteiger partial charge in [0, 0.05) is 50.3 Å². The number of anilines is 1. The first-order valence-corrected chi connectivity index (χ1v) is 15.0. The second-order valence-electron chi connectivity index (χ2n) is 11.7. The largest absolute Gasteiger partial charge is 0.486 e. The molecule has 226 valence electrons. The number of pyridine rings is 1. The van der Waals surface area contributed by atoms with E-state index in [1.807, 2.05) is 38.1 Å². The van der Waals surface area contributed by atoms with Gasteiger partial charge in [0.2, 0.25) is 5.88 Å². The molecule has 1 aliphatic carbocycles. The summed E-state index contributed by atoms with van der Waals surface area (Å²) in [6.07, 6.45) is 5.83. The molecule has 1 aliphatic heterocycles. The number of carbonyl (C=O) groups excluding carboxylic acids is 1. The van der Waals surface area contributed by atoms with Crippen molar-refractivity contribution in [1.82, 2.24) is 19.8 Å². The lowest BCUT2D eigenvalue weighted by Crippen LogP contribution is -2.36. The maximum atomic E-state index is 13.2. The van der Waals surface area contributed by atoms with Crippen molar-refractivity contribution in [1.29, 1.82) is 0 Å². The Kier molecular flexibility index (Phi) is 10.1. The molecule has 0 unspecified atom stereocenters. The molecule has 0 bridgehead atoms. The van der Waals surface area contributed by atoms with Crippen LogP contribution in [0.25, 0.3) is 0 Å². The van der Waals surface area contributed by atoms with E-state index in [0.29, 0.717) is 49.5 Å². The fraction of sp³-hybridized carbons (Fsp3) is 0.531. The van der Waals surface area contributed by atoms with Crippen molar-refractivity contribution in [2.45, 2.75) is 70.7 Å². The summed E-state index contributed by atoms with van der Waals surface area (Å²) in [5, 5.41) is 14.3. The number of carbonyl (C=O) groups is 1. The topological polar surface area (TPSA) is 113 Å². The number of β-amino-alcohol motifs (C(OH)–C–C–N with tert-alkyl or cyclic N) is 1. The number of ether oxygens (including phenoxy) is 2. The summed E-state index contributed by atoms with van der Waals surface area (Å²) in [7, 11) is 3.98. The van der Waals surface area contributed by atoms with Gasteiger partial charge in [0.1, 0.15) is 24.8 Å². The predicted molar refractivity (Wildman–Crippen MR) is 160 cm³/mol. The van der Waals surface area contributed by atoms with Crippen LogP contribution in [0.1, 0.15) is 65.0 Å². The van der Waals surface area contributed by atoms with Gasteiger partial charge in [-0.05, 0) is 82.4 Å². The van der Waals surface area contributed by atoms with E-state index in [2.05, 4.69) is 32.3 Å². The smallest absolute Gasteiger partial charge is 0.215 e. The Morgan fingerprint density at radius 1 is 1.21 bits per heavy atom. The third-order valence-corrected chi connectivity index (χ3v) is 8.03. The van der Waals surface area contributed by atoms with E-state index in [4.69, 9.17) is 13.9 Å². The summed E-state index contributed by atoms with van der Waals surface area (Å²) in [5.41, 5.74) is 3.90. The maximum absolute atomic E-state index is 13.2. The van der Waals surface area contributed by atoms with Crippen molar-refractivity contribution < 1.29 is 23.8 Å². The Hall–Kier alpha value is -3.47. The molecule has 42 heavy (non-hydrogen) atoms. The Morgan fingerprint density at radius 3 is 2.81 bits per heavy atom. The van der Waals surface area contributed by atoms with Crippen LogP contribution in [0.3, 0.4) is 0 Å². The first-order chi connectivity index (χ1) is 20.3. The SMILES string of the molecule is Cc1ncoc1COc1ccc2c(c1)CCN(C[C@@H](O)CCC(=O)c1cc(NC3CCC3)nc(OCCN(C)C)c1)C2. The number of likely N-dealkylation sites (N-methyl/N-ethyl adjacent to an activating group) is 1. The minimum atomic E-state index is -0.589. The Labute approximate surface area is 248 Å². The monoisotopic (exact) mass is 577 g/mol. The molecule has 3 aromatic rings. The Bertz CT molecular complexity index is 1340. The van der Waals surface area contributed by atoms with Crippen LogP contribution >= 0.6 is 0 Å². The lowest BCUT2D eigenvalue weighted by molar-refractivity contribution is 0.0836. The zero-order valence-corrected chi connectivity index (χ0v) is 25.0. The number of hydrogen-bond donors (Lipinski definition) is 2. The highest BCUT2D eigenvalue weighted by atomic mass is 16.5. The lowest BCUT2D eigenvalue weighted by atomic mass is 9.93. The van der Waals surface area contributed by atoms with Crippen LogP contribution in [0.4, 0.5) is 5.82 Å². The summed E-state index contributed by atoms with van der Waals surface area (Å²) >= 11 is 0. The van der Waals surface area contributed by atoms with E-state index in [1.54, 1.807) is 6.07 Å². The number of Topliss-reactive ketones (excluding diaryl/α,β-unsaturated/α-hetero) is 1. The number of aliphatic hydroxyl groups excluding tert-OH is 1. The van der Waals surface area contributed by atoms with Gasteiger partial charge in [-0.3, -0.25) is 9.69 Å². The summed E-state index contributed by atoms with van der Waals surface area (Å²) in [6, 6.07) is 10.1. The van der Waals surface area contributed by atoms with Gasteiger partial charge in [-0.1, -0.05) is 6.07 Å². The molecular formula is C32H43N5O5. The molecule has 2 aromatic heterocycles. The summed E-state index contributed by atoms with van der Waals surface area (Å²) < 4.78 is 17.1. The molecule has 1 saturated carbocycles. The van der Waals surface area contributed by atoms with Gasteiger partial charge >= 0.3 is 0 Å². The molecule has 1 aromatic carbocycles. The highest BCUT2D eigenvalue weighted by Gasteiger charge is 2.22. The number of aromatic nitrogens is 2. The fourth-order valence-electron chi connectivity index (χ4n) is 5.19. The van der Waals surface area contributed by atoms with Crippen LogP contribution in [0.15, 0.2) is 41.1 Å². The average Bonchev–Trinajstić information content (AvgIpc) is 3.36. The van der Waals surface area contributed by atoms with Crippen LogP contribution < -0.4 is 14.8 Å². The van der Waals surface area contributed by atoms with E-state index in [0.717, 1.165) is 56.1 Å². The standard InChI is InChI=1S/C32H43N5O5/c1-22-30(42-21-33-22)20-41-28-9-7-24-18-37(12-11-23(24)15-28)19-27(38)8-10-29(39)25-16-31(34-26-5-4-6-26)35-32(17-25)40-14-13-36(2)3/h7,9,15-17,21,26-27,38H,4-6,8,10-14,18-20H2,1-3H3,(H,34,35)/t27-/m0/s1. The van der Waals surface area contributed by atoms with Crippen molar-refractivity contribution >= 4 is 11.6 Å². The molecular weight excluding hydrogens is 534 g/mol. The fourth-order valence-corrected chi connectivity index (χ4v) is 5.19. The van der Waals surface area contributed by atoms with Crippen LogP contribution in [0.2, 0.25) is 0 Å². The van der Waals surface area contributed by atoms with Crippen molar-refractivity contribution in [3.63, 3.8) is 0 Å². The summed E-state index contributed by atoms with van der Waals surface area (Å²) in [6.45, 7) is 5.64. The molecule has 0 spiro atoms. The number of benzene rings is 1. The number of aliphatic hydroxyl groups is 1. The third-order valence-electron chi connectivity index (χ3n) is 8.03. The van der Waals surface area contributed by atoms with E-state index in [9.17, 15) is 9.90 Å². The Balaban J connectivity index is 1.11. The van der Waals surface area contributed by atoms with Crippen molar-refractivity contribution in [3.05, 3.63) is 64.9 Å². The molecule has 0 saturated heterocycles. The first kappa shape index (κ1) is 30.0. The summed E-state index contributed by atoms with van der Waals surface area (Å²) in [5.74, 6) is 2.67. The molecule has 1 atom stereocenters. The van der Waals surface area contributed by atoms with E-state index < -0.39 is 6.10 Å². The van der Waals surface area contributed by atoms with Gasteiger partial charge in [0.15, 0.2) is 17.9 Å². The normalized spacial score (nSPS) is 16.1. The molecule has 10 heteroatoms. The van der Waals surface area contributed by atoms with Gasteiger partial charge in [-0.25, -0.2) is 4.98 Å². The number of nitrogens with one attached hydrogen (secondary N) is 1. The van der Waals surface area contributed by atoms with Crippen molar-refractivity contribution in [3.8, 4) is 11.6 Å². The molecule has 10 nitrogen and oxygen atoms in total. The van der Waals surface area contributed by atoms with Gasteiger partial charge in [0.05, 0.1) is 11.8 Å². The number of rotatable bonds is 15. The highest BCUT2D eigenvalue weighted by molar-refractivity contribution is 5.97. The first-order valence-electron chi connectivity index (χ1n) is 15.0. The number of aryl methyl sites for hydroxylation is 1. The number of fused-ring (bicyclic) bond motifs is 1. The molecule has 2 aliphatic rings. The van der Waals surface area contributed by atoms with E-state index >= 15 is 0 Å². The predicted octanol–water partition coefficient (Wildman–Crippen LogP) is 4.24. The van der Waals surface area contributed by atoms with Crippen LogP contribution in [0.5, 0.6) is 11.6 Å². The highest BCUT2D eigenvalue weighted by Crippen LogP contribution is 2.27. The molecule has 0 amide bonds. The van der Waals surface area contributed by atoms with Crippen LogP contribution in [-0.4, -0.2) is 83.1 Å². The third kappa shape index (κ3) is 8.30. The second kappa shape index (κ2) is 14.1. The van der Waals surface area contributed by atoms with Crippen molar-refractivity contribution in [2.24, 2.45) is 0 Å². The molecule has 2 N–H and O–H groups in total. The number of ketones is 1. The number of oxazole rings is 1. The van der Waals surface area contributed by atoms with Gasteiger partial charge in [-0.2, -0.15) is 4.98 Å². The molecule has 3 heterocycles. The quantitative estimate of drug-likeness (QED) is 0.254. The van der Waals surface area contributed by atoms with Crippen LogP contribution in [-0.2, 0) is 19.6 Å². The Morgan fingerprint density at radius 2 is 2.07 bits per heavy atom. The van der Waals surface area contributed by atoms with E-state index in [1.165, 1.54) is 23.9 Å². The zero-order chi connectivity index (χ0) is 29.5. The van der Waals surface area contributed by atoms with Gasteiger partial charge in [0.25, 0.3) is 0 Å². The zero-order valence-electron chi connectivity index (χ0n) is 25.0. The molecule has 1 fully saturated rings. The van der Waals surface area contributed by atoms with Crippen molar-refractivity contribution in [2.75, 3.05) is 45.7 Å². The summed E-state index contributed by atoms with van der Waals surface area (Å²) in [4.78, 5) is 26.1. The minimum absolute atomic E-state index is 0.0115. The second-order valence-corrected chi connectivity index (χ2v) is 11.7. The minimum Gasteiger partial charge on any atom is -0.486 e. The molecule has 5 rings (SSSR count). The maximum Gasteiger partial charge on any atom is 0.215 e. The molecule has 0 radical (unpaired) electrons. The average molecular weight is 578 g/mol.